The molecule has 1 unspecified atom stereocenters. The van der Waals surface area contributed by atoms with E-state index < -0.39 is 12.1 Å². The molecular weight excluding hydrogens is 401 g/mol. The third-order valence-electron chi connectivity index (χ3n) is 5.56. The van der Waals surface area contributed by atoms with Gasteiger partial charge < -0.3 is 19.2 Å². The van der Waals surface area contributed by atoms with Gasteiger partial charge in [-0.2, -0.15) is 18.2 Å². The molecule has 0 aliphatic carbocycles. The number of piperidine rings is 1. The summed E-state index contributed by atoms with van der Waals surface area (Å²) < 4.78 is 42.1. The second-order valence-corrected chi connectivity index (χ2v) is 7.74. The number of hydrogen-bond donors (Lipinski definition) is 0. The number of likely N-dealkylation sites (tertiary alicyclic amines) is 1. The number of carbonyl (C=O) groups excluding carboxylic acids is 1. The second-order valence-electron chi connectivity index (χ2n) is 7.74. The van der Waals surface area contributed by atoms with Gasteiger partial charge in [-0.15, -0.1) is 0 Å². The van der Waals surface area contributed by atoms with Crippen LogP contribution in [-0.2, 0) is 11.0 Å². The van der Waals surface area contributed by atoms with Gasteiger partial charge in [-0.05, 0) is 38.6 Å². The van der Waals surface area contributed by atoms with Crippen molar-refractivity contribution in [2.24, 2.45) is 5.92 Å². The lowest BCUT2D eigenvalue weighted by Crippen LogP contribution is -2.52. The summed E-state index contributed by atoms with van der Waals surface area (Å²) >= 11 is 0. The topological polar surface area (TPSA) is 78.6 Å². The molecule has 30 heavy (non-hydrogen) atoms. The molecule has 0 spiro atoms. The summed E-state index contributed by atoms with van der Waals surface area (Å²) in [5.74, 6) is -0.546. The number of amides is 1. The fourth-order valence-corrected chi connectivity index (χ4v) is 3.94. The number of alkyl halides is 3. The second kappa shape index (κ2) is 8.21. The number of nitrogens with zero attached hydrogens (tertiary/aromatic N) is 6. The minimum atomic E-state index is -4.68. The molecule has 0 N–H and O–H groups in total. The Bertz CT molecular complexity index is 877. The summed E-state index contributed by atoms with van der Waals surface area (Å²) in [7, 11) is 2.05. The van der Waals surface area contributed by atoms with Crippen molar-refractivity contribution in [3.63, 3.8) is 0 Å². The summed E-state index contributed by atoms with van der Waals surface area (Å²) in [4.78, 5) is 26.7. The number of rotatable bonds is 3. The van der Waals surface area contributed by atoms with E-state index in [-0.39, 0.29) is 17.6 Å². The molecule has 2 fully saturated rings. The molecular formula is C19H23F3N6O2. The van der Waals surface area contributed by atoms with E-state index in [9.17, 15) is 18.0 Å². The molecule has 2 saturated heterocycles. The van der Waals surface area contributed by atoms with E-state index in [1.165, 1.54) is 6.20 Å². The lowest BCUT2D eigenvalue weighted by atomic mass is 9.96. The minimum Gasteiger partial charge on any atom is -0.353 e. The molecule has 162 valence electrons. The average Bonchev–Trinajstić information content (AvgIpc) is 3.24. The number of carbonyl (C=O) groups is 1. The number of hydrogen-bond acceptors (Lipinski definition) is 7. The summed E-state index contributed by atoms with van der Waals surface area (Å²) in [6.45, 7) is 4.42. The Morgan fingerprint density at radius 1 is 1.17 bits per heavy atom. The Labute approximate surface area is 171 Å². The van der Waals surface area contributed by atoms with E-state index in [4.69, 9.17) is 0 Å². The monoisotopic (exact) mass is 424 g/mol. The molecule has 2 aromatic rings. The van der Waals surface area contributed by atoms with Crippen LogP contribution in [0.4, 0.5) is 19.0 Å². The zero-order valence-corrected chi connectivity index (χ0v) is 16.6. The standard InChI is InChI=1S/C19H23F3N6O2/c1-26-6-2-3-14(12-26)17(29)28-9-7-27(8-10-28)15-5-4-13(11-23-15)16-24-18(30-25-16)19(20,21)22/h4-5,11,14H,2-3,6-10,12H2,1H3. The normalized spacial score (nSPS) is 21.1. The first-order valence-electron chi connectivity index (χ1n) is 9.91. The Kier molecular flexibility index (Phi) is 5.63. The third kappa shape index (κ3) is 4.40. The van der Waals surface area contributed by atoms with Gasteiger partial charge in [0.25, 0.3) is 0 Å². The zero-order chi connectivity index (χ0) is 21.3. The molecule has 2 aliphatic rings. The van der Waals surface area contributed by atoms with Crippen molar-refractivity contribution in [2.45, 2.75) is 19.0 Å². The van der Waals surface area contributed by atoms with Crippen LogP contribution in [-0.4, -0.2) is 77.1 Å². The van der Waals surface area contributed by atoms with Crippen molar-refractivity contribution >= 4 is 11.7 Å². The largest absolute Gasteiger partial charge is 0.471 e. The van der Waals surface area contributed by atoms with Crippen LogP contribution >= 0.6 is 0 Å². The maximum absolute atomic E-state index is 12.8. The predicted molar refractivity (Wildman–Crippen MR) is 102 cm³/mol. The Hall–Kier alpha value is -2.69. The van der Waals surface area contributed by atoms with Crippen molar-refractivity contribution in [1.29, 1.82) is 0 Å². The van der Waals surface area contributed by atoms with Gasteiger partial charge in [0.2, 0.25) is 11.7 Å². The van der Waals surface area contributed by atoms with Crippen LogP contribution in [0.5, 0.6) is 0 Å². The van der Waals surface area contributed by atoms with E-state index in [1.807, 2.05) is 11.9 Å². The van der Waals surface area contributed by atoms with E-state index in [0.29, 0.717) is 37.6 Å². The highest BCUT2D eigenvalue weighted by Crippen LogP contribution is 2.29. The van der Waals surface area contributed by atoms with Gasteiger partial charge >= 0.3 is 12.1 Å². The fraction of sp³-hybridized carbons (Fsp3) is 0.579. The first kappa shape index (κ1) is 20.6. The molecule has 0 saturated carbocycles. The van der Waals surface area contributed by atoms with Crippen LogP contribution < -0.4 is 4.90 Å². The molecule has 11 heteroatoms. The quantitative estimate of drug-likeness (QED) is 0.747. The maximum atomic E-state index is 12.8. The van der Waals surface area contributed by atoms with Crippen molar-refractivity contribution in [2.75, 3.05) is 51.2 Å². The van der Waals surface area contributed by atoms with Gasteiger partial charge in [0.1, 0.15) is 5.82 Å². The SMILES string of the molecule is CN1CCCC(C(=O)N2CCN(c3ccc(-c4noc(C(F)(F)F)n4)cn3)CC2)C1. The lowest BCUT2D eigenvalue weighted by Gasteiger charge is -2.38. The van der Waals surface area contributed by atoms with Gasteiger partial charge in [-0.25, -0.2) is 4.98 Å². The van der Waals surface area contributed by atoms with Crippen LogP contribution in [0.3, 0.4) is 0 Å². The number of aromatic nitrogens is 3. The Balaban J connectivity index is 1.35. The highest BCUT2D eigenvalue weighted by atomic mass is 19.4. The van der Waals surface area contributed by atoms with Crippen molar-refractivity contribution < 1.29 is 22.5 Å². The van der Waals surface area contributed by atoms with E-state index in [2.05, 4.69) is 29.4 Å². The predicted octanol–water partition coefficient (Wildman–Crippen LogP) is 2.14. The van der Waals surface area contributed by atoms with Gasteiger partial charge in [0.05, 0.1) is 5.92 Å². The highest BCUT2D eigenvalue weighted by Gasteiger charge is 2.38. The van der Waals surface area contributed by atoms with Crippen LogP contribution in [0, 0.1) is 5.92 Å². The summed E-state index contributed by atoms with van der Waals surface area (Å²) in [6.07, 6.45) is -1.26. The van der Waals surface area contributed by atoms with Crippen LogP contribution in [0.15, 0.2) is 22.9 Å². The summed E-state index contributed by atoms with van der Waals surface area (Å²) in [5.41, 5.74) is 0.341. The Morgan fingerprint density at radius 3 is 2.53 bits per heavy atom. The van der Waals surface area contributed by atoms with Crippen LogP contribution in [0.25, 0.3) is 11.4 Å². The molecule has 2 aliphatic heterocycles. The van der Waals surface area contributed by atoms with Gasteiger partial charge in [0, 0.05) is 44.5 Å². The first-order valence-corrected chi connectivity index (χ1v) is 9.91. The molecule has 1 amide bonds. The average molecular weight is 424 g/mol. The fourth-order valence-electron chi connectivity index (χ4n) is 3.94. The van der Waals surface area contributed by atoms with Gasteiger partial charge in [0.15, 0.2) is 0 Å². The van der Waals surface area contributed by atoms with Crippen molar-refractivity contribution in [1.82, 2.24) is 24.9 Å². The molecule has 2 aromatic heterocycles. The van der Waals surface area contributed by atoms with E-state index in [1.54, 1.807) is 12.1 Å². The Morgan fingerprint density at radius 2 is 1.93 bits per heavy atom. The maximum Gasteiger partial charge on any atom is 0.471 e. The minimum absolute atomic E-state index is 0.0734. The molecule has 0 aromatic carbocycles. The van der Waals surface area contributed by atoms with Crippen molar-refractivity contribution in [3.05, 3.63) is 24.2 Å². The molecule has 0 bridgehead atoms. The van der Waals surface area contributed by atoms with Crippen LogP contribution in [0.1, 0.15) is 18.7 Å². The zero-order valence-electron chi connectivity index (χ0n) is 16.6. The number of pyridine rings is 1. The molecule has 1 atom stereocenters. The molecule has 4 rings (SSSR count). The smallest absolute Gasteiger partial charge is 0.353 e. The number of piperazine rings is 1. The van der Waals surface area contributed by atoms with Crippen molar-refractivity contribution in [3.8, 4) is 11.4 Å². The number of anilines is 1. The van der Waals surface area contributed by atoms with Gasteiger partial charge in [-0.1, -0.05) is 5.16 Å². The highest BCUT2D eigenvalue weighted by molar-refractivity contribution is 5.79. The first-order chi connectivity index (χ1) is 14.3. The molecule has 8 nitrogen and oxygen atoms in total. The van der Waals surface area contributed by atoms with Gasteiger partial charge in [-0.3, -0.25) is 4.79 Å². The summed E-state index contributed by atoms with van der Waals surface area (Å²) in [6, 6.07) is 3.33. The van der Waals surface area contributed by atoms with Crippen LogP contribution in [0.2, 0.25) is 0 Å². The number of halogens is 3. The van der Waals surface area contributed by atoms with E-state index in [0.717, 1.165) is 25.9 Å². The van der Waals surface area contributed by atoms with E-state index >= 15 is 0 Å². The lowest BCUT2D eigenvalue weighted by molar-refractivity contribution is -0.159. The summed E-state index contributed by atoms with van der Waals surface area (Å²) in [5, 5.41) is 3.37. The molecule has 4 heterocycles. The third-order valence-corrected chi connectivity index (χ3v) is 5.56. The molecule has 0 radical (unpaired) electrons.